The third kappa shape index (κ3) is 3.14. The van der Waals surface area contributed by atoms with Crippen molar-refractivity contribution in [3.63, 3.8) is 0 Å². The lowest BCUT2D eigenvalue weighted by molar-refractivity contribution is 0.483. The summed E-state index contributed by atoms with van der Waals surface area (Å²) < 4.78 is 7.46. The molecule has 0 radical (unpaired) electrons. The van der Waals surface area contributed by atoms with Gasteiger partial charge in [0.05, 0.1) is 5.69 Å². The summed E-state index contributed by atoms with van der Waals surface area (Å²) in [5.74, 6) is 2.18. The molecular formula is C16H16N4O. The second kappa shape index (κ2) is 5.58. The molecular weight excluding hydrogens is 264 g/mol. The zero-order valence-corrected chi connectivity index (χ0v) is 11.7. The van der Waals surface area contributed by atoms with Crippen molar-refractivity contribution in [1.82, 2.24) is 9.78 Å². The van der Waals surface area contributed by atoms with E-state index < -0.39 is 0 Å². The number of para-hydroxylation sites is 1. The third-order valence-electron chi connectivity index (χ3n) is 2.93. The summed E-state index contributed by atoms with van der Waals surface area (Å²) >= 11 is 0. The van der Waals surface area contributed by atoms with Gasteiger partial charge in [-0.05, 0) is 24.3 Å². The van der Waals surface area contributed by atoms with Crippen molar-refractivity contribution in [2.75, 3.05) is 11.1 Å². The Morgan fingerprint density at radius 2 is 1.81 bits per heavy atom. The first-order valence-corrected chi connectivity index (χ1v) is 6.60. The van der Waals surface area contributed by atoms with E-state index in [9.17, 15) is 0 Å². The van der Waals surface area contributed by atoms with Gasteiger partial charge in [0.2, 0.25) is 0 Å². The molecule has 0 spiro atoms. The van der Waals surface area contributed by atoms with Crippen LogP contribution in [0.3, 0.4) is 0 Å². The molecule has 3 N–H and O–H groups in total. The van der Waals surface area contributed by atoms with Crippen LogP contribution >= 0.6 is 0 Å². The smallest absolute Gasteiger partial charge is 0.175 e. The number of ether oxygens (including phenoxy) is 1. The topological polar surface area (TPSA) is 65.1 Å². The number of nitrogen functional groups attached to an aromatic ring is 1. The monoisotopic (exact) mass is 280 g/mol. The summed E-state index contributed by atoms with van der Waals surface area (Å²) in [6, 6.07) is 17.3. The van der Waals surface area contributed by atoms with E-state index in [0.717, 1.165) is 17.2 Å². The van der Waals surface area contributed by atoms with Crippen LogP contribution in [0.2, 0.25) is 0 Å². The second-order valence-electron chi connectivity index (χ2n) is 4.67. The molecule has 1 aromatic heterocycles. The van der Waals surface area contributed by atoms with Gasteiger partial charge in [-0.25, -0.2) is 0 Å². The molecule has 2 aromatic carbocycles. The van der Waals surface area contributed by atoms with Gasteiger partial charge in [0, 0.05) is 25.0 Å². The van der Waals surface area contributed by atoms with Gasteiger partial charge < -0.3 is 15.8 Å². The quantitative estimate of drug-likeness (QED) is 0.767. The van der Waals surface area contributed by atoms with Gasteiger partial charge in [-0.1, -0.05) is 24.3 Å². The molecule has 5 heteroatoms. The van der Waals surface area contributed by atoms with Crippen molar-refractivity contribution >= 4 is 17.2 Å². The predicted octanol–water partition coefficient (Wildman–Crippen LogP) is 3.54. The standard InChI is InChI=1S/C16H16N4O/c1-20-11-15(17)16(19-20)18-12-6-5-9-14(10-12)21-13-7-3-2-4-8-13/h2-11H,17H2,1H3,(H,18,19). The average molecular weight is 280 g/mol. The Labute approximate surface area is 123 Å². The molecule has 0 atom stereocenters. The van der Waals surface area contributed by atoms with Crippen LogP contribution in [0.1, 0.15) is 0 Å². The lowest BCUT2D eigenvalue weighted by Gasteiger charge is -2.08. The van der Waals surface area contributed by atoms with Crippen LogP contribution in [0.4, 0.5) is 17.2 Å². The van der Waals surface area contributed by atoms with Crippen molar-refractivity contribution in [2.45, 2.75) is 0 Å². The first-order valence-electron chi connectivity index (χ1n) is 6.60. The molecule has 0 unspecified atom stereocenters. The zero-order chi connectivity index (χ0) is 14.7. The number of nitrogens with one attached hydrogen (secondary N) is 1. The number of aromatic nitrogens is 2. The molecule has 0 aliphatic carbocycles. The number of nitrogens with zero attached hydrogens (tertiary/aromatic N) is 2. The molecule has 0 saturated carbocycles. The number of anilines is 3. The van der Waals surface area contributed by atoms with Gasteiger partial charge in [-0.3, -0.25) is 4.68 Å². The van der Waals surface area contributed by atoms with Crippen molar-refractivity contribution in [1.29, 1.82) is 0 Å². The van der Waals surface area contributed by atoms with E-state index in [-0.39, 0.29) is 0 Å². The second-order valence-corrected chi connectivity index (χ2v) is 4.67. The maximum Gasteiger partial charge on any atom is 0.175 e. The number of hydrogen-bond donors (Lipinski definition) is 2. The van der Waals surface area contributed by atoms with E-state index in [4.69, 9.17) is 10.5 Å². The van der Waals surface area contributed by atoms with Crippen LogP contribution in [0.15, 0.2) is 60.8 Å². The summed E-state index contributed by atoms with van der Waals surface area (Å²) in [7, 11) is 1.83. The van der Waals surface area contributed by atoms with Crippen molar-refractivity contribution in [2.24, 2.45) is 7.05 Å². The lowest BCUT2D eigenvalue weighted by Crippen LogP contribution is -1.96. The predicted molar refractivity (Wildman–Crippen MR) is 83.9 cm³/mol. The maximum absolute atomic E-state index is 5.87. The van der Waals surface area contributed by atoms with Gasteiger partial charge in [-0.15, -0.1) is 0 Å². The Kier molecular flexibility index (Phi) is 3.47. The van der Waals surface area contributed by atoms with E-state index in [1.165, 1.54) is 0 Å². The molecule has 0 aliphatic heterocycles. The fraction of sp³-hybridized carbons (Fsp3) is 0.0625. The van der Waals surface area contributed by atoms with Crippen molar-refractivity contribution < 1.29 is 4.74 Å². The summed E-state index contributed by atoms with van der Waals surface area (Å²) in [5.41, 5.74) is 7.35. The average Bonchev–Trinajstić information content (AvgIpc) is 2.78. The summed E-state index contributed by atoms with van der Waals surface area (Å²) in [6.45, 7) is 0. The molecule has 0 aliphatic rings. The van der Waals surface area contributed by atoms with E-state index >= 15 is 0 Å². The molecule has 0 saturated heterocycles. The Hall–Kier alpha value is -2.95. The van der Waals surface area contributed by atoms with Crippen LogP contribution in [0.5, 0.6) is 11.5 Å². The number of hydrogen-bond acceptors (Lipinski definition) is 4. The molecule has 0 amide bonds. The Morgan fingerprint density at radius 3 is 2.52 bits per heavy atom. The minimum atomic E-state index is 0.604. The molecule has 5 nitrogen and oxygen atoms in total. The molecule has 0 fully saturated rings. The Balaban J connectivity index is 1.78. The van der Waals surface area contributed by atoms with Gasteiger partial charge in [-0.2, -0.15) is 5.10 Å². The first kappa shape index (κ1) is 13.1. The summed E-state index contributed by atoms with van der Waals surface area (Å²) in [6.07, 6.45) is 1.76. The van der Waals surface area contributed by atoms with Gasteiger partial charge in [0.25, 0.3) is 0 Å². The number of rotatable bonds is 4. The lowest BCUT2D eigenvalue weighted by atomic mass is 10.3. The first-order chi connectivity index (χ1) is 10.2. The fourth-order valence-corrected chi connectivity index (χ4v) is 2.00. The highest BCUT2D eigenvalue weighted by Crippen LogP contribution is 2.26. The Bertz CT molecular complexity index is 737. The van der Waals surface area contributed by atoms with Crippen LogP contribution < -0.4 is 15.8 Å². The minimum absolute atomic E-state index is 0.604. The molecule has 21 heavy (non-hydrogen) atoms. The van der Waals surface area contributed by atoms with Crippen molar-refractivity contribution in [3.8, 4) is 11.5 Å². The van der Waals surface area contributed by atoms with Crippen LogP contribution in [0, 0.1) is 0 Å². The molecule has 3 rings (SSSR count). The van der Waals surface area contributed by atoms with Gasteiger partial charge in [0.1, 0.15) is 11.5 Å². The highest BCUT2D eigenvalue weighted by atomic mass is 16.5. The van der Waals surface area contributed by atoms with Gasteiger partial charge >= 0.3 is 0 Å². The highest BCUT2D eigenvalue weighted by molar-refractivity contribution is 5.68. The van der Waals surface area contributed by atoms with E-state index in [2.05, 4.69) is 10.4 Å². The summed E-state index contributed by atoms with van der Waals surface area (Å²) in [5, 5.41) is 7.44. The van der Waals surface area contributed by atoms with E-state index in [1.807, 2.05) is 61.6 Å². The van der Waals surface area contributed by atoms with Crippen molar-refractivity contribution in [3.05, 3.63) is 60.8 Å². The largest absolute Gasteiger partial charge is 0.457 e. The van der Waals surface area contributed by atoms with Gasteiger partial charge in [0.15, 0.2) is 5.82 Å². The van der Waals surface area contributed by atoms with Crippen LogP contribution in [-0.2, 0) is 7.05 Å². The SMILES string of the molecule is Cn1cc(N)c(Nc2cccc(Oc3ccccc3)c2)n1. The molecule has 106 valence electrons. The van der Waals surface area contributed by atoms with E-state index in [0.29, 0.717) is 11.5 Å². The fourth-order valence-electron chi connectivity index (χ4n) is 2.00. The molecule has 3 aromatic rings. The van der Waals surface area contributed by atoms with Crippen LogP contribution in [0.25, 0.3) is 0 Å². The third-order valence-corrected chi connectivity index (χ3v) is 2.93. The Morgan fingerprint density at radius 1 is 1.05 bits per heavy atom. The number of nitrogens with two attached hydrogens (primary N) is 1. The van der Waals surface area contributed by atoms with E-state index in [1.54, 1.807) is 10.9 Å². The summed E-state index contributed by atoms with van der Waals surface area (Å²) in [4.78, 5) is 0. The van der Waals surface area contributed by atoms with Crippen LogP contribution in [-0.4, -0.2) is 9.78 Å². The normalized spacial score (nSPS) is 10.3. The minimum Gasteiger partial charge on any atom is -0.457 e. The zero-order valence-electron chi connectivity index (χ0n) is 11.7. The number of benzene rings is 2. The maximum atomic E-state index is 5.87. The molecule has 1 heterocycles. The highest BCUT2D eigenvalue weighted by Gasteiger charge is 2.05. The molecule has 0 bridgehead atoms. The number of aryl methyl sites for hydroxylation is 1.